The van der Waals surface area contributed by atoms with Crippen LogP contribution in [0.4, 0.5) is 0 Å². The lowest BCUT2D eigenvalue weighted by Gasteiger charge is -2.03. The highest BCUT2D eigenvalue weighted by atomic mass is 16.3. The minimum atomic E-state index is -0.733. The molecule has 0 saturated carbocycles. The molecule has 0 fully saturated rings. The van der Waals surface area contributed by atoms with Crippen LogP contribution in [0.5, 0.6) is 0 Å². The maximum Gasteiger partial charge on any atom is 0.133 e. The number of aliphatic hydroxyl groups is 3. The molecule has 0 aliphatic rings. The van der Waals surface area contributed by atoms with Crippen LogP contribution in [0, 0.1) is 47.9 Å². The topological polar surface area (TPSA) is 60.7 Å². The molecule has 0 heterocycles. The van der Waals surface area contributed by atoms with Crippen LogP contribution in [0.15, 0.2) is 24.3 Å². The molecule has 36 heavy (non-hydrogen) atoms. The first-order valence-electron chi connectivity index (χ1n) is 13.9. The molecule has 0 aliphatic heterocycles. The van der Waals surface area contributed by atoms with Gasteiger partial charge in [-0.2, -0.15) is 0 Å². The Balaban J connectivity index is 3.37. The van der Waals surface area contributed by atoms with E-state index in [9.17, 15) is 10.2 Å². The van der Waals surface area contributed by atoms with Gasteiger partial charge in [-0.25, -0.2) is 0 Å². The van der Waals surface area contributed by atoms with E-state index in [-0.39, 0.29) is 6.61 Å². The average Bonchev–Trinajstić information content (AvgIpc) is 2.88. The van der Waals surface area contributed by atoms with Gasteiger partial charge in [-0.05, 0) is 68.9 Å². The molecule has 0 aromatic carbocycles. The minimum absolute atomic E-state index is 0.195. The zero-order valence-electron chi connectivity index (χ0n) is 22.3. The van der Waals surface area contributed by atoms with Crippen molar-refractivity contribution in [1.82, 2.24) is 0 Å². The van der Waals surface area contributed by atoms with Crippen LogP contribution in [0.2, 0.25) is 0 Å². The van der Waals surface area contributed by atoms with Crippen molar-refractivity contribution in [3.8, 4) is 47.9 Å². The normalized spacial score (nSPS) is 12.2. The predicted octanol–water partition coefficient (Wildman–Crippen LogP) is 6.48. The monoisotopic (exact) mass is 492 g/mol. The summed E-state index contributed by atoms with van der Waals surface area (Å²) in [5, 5.41) is 27.4. The second-order valence-electron chi connectivity index (χ2n) is 9.07. The van der Waals surface area contributed by atoms with Gasteiger partial charge in [0.2, 0.25) is 0 Å². The van der Waals surface area contributed by atoms with Crippen molar-refractivity contribution >= 4 is 0 Å². The van der Waals surface area contributed by atoms with Gasteiger partial charge in [0.15, 0.2) is 0 Å². The lowest BCUT2D eigenvalue weighted by atomic mass is 10.1. The largest absolute Gasteiger partial charge is 0.384 e. The first kappa shape index (κ1) is 33.6. The number of terminal acetylenes is 1. The van der Waals surface area contributed by atoms with Gasteiger partial charge in [-0.15, -0.1) is 6.42 Å². The van der Waals surface area contributed by atoms with Gasteiger partial charge in [0, 0.05) is 6.42 Å². The standard InChI is InChI=1S/C33H48O3/c1-2-32(35)28-24-21-19-17-15-13-11-9-7-5-3-4-6-8-10-12-14-16-18-20-22-25-29-33(36)30-26-23-27-31-34/h1,8,10,24,28,32-36H,3,5,7,9,11-22,25,29,31H2/b10-8-,28-24+/t32-,33+/m0/s1. The molecule has 0 aromatic heterocycles. The number of rotatable bonds is 20. The number of unbranched alkanes of at least 4 members (excludes halogenated alkanes) is 15. The van der Waals surface area contributed by atoms with Crippen molar-refractivity contribution in [3.63, 3.8) is 0 Å². The Morgan fingerprint density at radius 2 is 1.25 bits per heavy atom. The van der Waals surface area contributed by atoms with Crippen LogP contribution in [0.3, 0.4) is 0 Å². The van der Waals surface area contributed by atoms with Crippen LogP contribution in [-0.4, -0.2) is 34.1 Å². The van der Waals surface area contributed by atoms with E-state index >= 15 is 0 Å². The molecule has 0 spiro atoms. The summed E-state index contributed by atoms with van der Waals surface area (Å²) in [6, 6.07) is 0. The number of hydrogen-bond donors (Lipinski definition) is 3. The molecule has 0 aliphatic carbocycles. The molecular weight excluding hydrogens is 444 g/mol. The molecular formula is C33H48O3. The van der Waals surface area contributed by atoms with E-state index < -0.39 is 12.2 Å². The molecule has 0 unspecified atom stereocenters. The smallest absolute Gasteiger partial charge is 0.133 e. The fourth-order valence-corrected chi connectivity index (χ4v) is 3.67. The summed E-state index contributed by atoms with van der Waals surface area (Å²) < 4.78 is 0. The summed E-state index contributed by atoms with van der Waals surface area (Å²) in [5.41, 5.74) is 0. The summed E-state index contributed by atoms with van der Waals surface area (Å²) >= 11 is 0. The van der Waals surface area contributed by atoms with E-state index in [0.717, 1.165) is 32.1 Å². The molecule has 0 saturated heterocycles. The first-order valence-corrected chi connectivity index (χ1v) is 13.9. The Morgan fingerprint density at radius 1 is 0.667 bits per heavy atom. The highest BCUT2D eigenvalue weighted by molar-refractivity contribution is 5.27. The summed E-state index contributed by atoms with van der Waals surface area (Å²) in [4.78, 5) is 0. The maximum absolute atomic E-state index is 9.70. The van der Waals surface area contributed by atoms with Crippen LogP contribution >= 0.6 is 0 Å². The fraction of sp³-hybridized carbons (Fsp3) is 0.636. The third-order valence-electron chi connectivity index (χ3n) is 5.78. The second kappa shape index (κ2) is 28.8. The van der Waals surface area contributed by atoms with Crippen LogP contribution < -0.4 is 0 Å². The van der Waals surface area contributed by atoms with E-state index in [1.807, 2.05) is 12.2 Å². The first-order chi connectivity index (χ1) is 17.7. The molecule has 0 radical (unpaired) electrons. The van der Waals surface area contributed by atoms with Gasteiger partial charge in [0.05, 0.1) is 0 Å². The van der Waals surface area contributed by atoms with Gasteiger partial charge in [0.1, 0.15) is 18.8 Å². The van der Waals surface area contributed by atoms with E-state index in [4.69, 9.17) is 11.5 Å². The number of allylic oxidation sites excluding steroid dienone is 3. The third kappa shape index (κ3) is 27.8. The Labute approximate surface area is 221 Å². The van der Waals surface area contributed by atoms with Crippen molar-refractivity contribution in [2.45, 2.75) is 128 Å². The summed E-state index contributed by atoms with van der Waals surface area (Å²) in [7, 11) is 0. The zero-order valence-corrected chi connectivity index (χ0v) is 22.3. The van der Waals surface area contributed by atoms with Crippen LogP contribution in [0.1, 0.15) is 116 Å². The molecule has 3 heteroatoms. The molecule has 3 nitrogen and oxygen atoms in total. The minimum Gasteiger partial charge on any atom is -0.384 e. The molecule has 0 bridgehead atoms. The van der Waals surface area contributed by atoms with Crippen molar-refractivity contribution in [2.24, 2.45) is 0 Å². The number of aliphatic hydroxyl groups excluding tert-OH is 3. The van der Waals surface area contributed by atoms with Crippen LogP contribution in [0.25, 0.3) is 0 Å². The van der Waals surface area contributed by atoms with E-state index in [0.29, 0.717) is 6.42 Å². The lowest BCUT2D eigenvalue weighted by Crippen LogP contribution is -2.01. The van der Waals surface area contributed by atoms with Gasteiger partial charge in [0.25, 0.3) is 0 Å². The molecule has 0 aromatic rings. The SMILES string of the molecule is C#C[C@H](O)/C=C/CCCCCCCCCCC#C/C=C\CCCCCCCC[C@@H](O)C#CC#CCO. The van der Waals surface area contributed by atoms with Crippen molar-refractivity contribution in [3.05, 3.63) is 24.3 Å². The van der Waals surface area contributed by atoms with Gasteiger partial charge in [-0.3, -0.25) is 0 Å². The second-order valence-corrected chi connectivity index (χ2v) is 9.07. The number of hydrogen-bond acceptors (Lipinski definition) is 3. The summed E-state index contributed by atoms with van der Waals surface area (Å²) in [6.07, 6.45) is 32.5. The Bertz CT molecular complexity index is 782. The van der Waals surface area contributed by atoms with Crippen molar-refractivity contribution in [2.75, 3.05) is 6.61 Å². The van der Waals surface area contributed by atoms with E-state index in [2.05, 4.69) is 47.5 Å². The van der Waals surface area contributed by atoms with Crippen LogP contribution in [-0.2, 0) is 0 Å². The average molecular weight is 493 g/mol. The summed E-state index contributed by atoms with van der Waals surface area (Å²) in [5.74, 6) is 18.9. The molecule has 198 valence electrons. The maximum atomic E-state index is 9.70. The van der Waals surface area contributed by atoms with E-state index in [1.54, 1.807) is 6.08 Å². The summed E-state index contributed by atoms with van der Waals surface area (Å²) in [6.45, 7) is -0.195. The highest BCUT2D eigenvalue weighted by Crippen LogP contribution is 2.11. The quantitative estimate of drug-likeness (QED) is 0.104. The molecule has 0 amide bonds. The Hall–Kier alpha value is -2.40. The Morgan fingerprint density at radius 3 is 1.89 bits per heavy atom. The molecule has 3 N–H and O–H groups in total. The van der Waals surface area contributed by atoms with Crippen molar-refractivity contribution < 1.29 is 15.3 Å². The zero-order chi connectivity index (χ0) is 26.4. The lowest BCUT2D eigenvalue weighted by molar-refractivity contribution is 0.217. The van der Waals surface area contributed by atoms with Gasteiger partial charge >= 0.3 is 0 Å². The third-order valence-corrected chi connectivity index (χ3v) is 5.78. The van der Waals surface area contributed by atoms with Gasteiger partial charge in [-0.1, -0.05) is 106 Å². The molecule has 0 rings (SSSR count). The van der Waals surface area contributed by atoms with Gasteiger partial charge < -0.3 is 15.3 Å². The fourth-order valence-electron chi connectivity index (χ4n) is 3.67. The van der Waals surface area contributed by atoms with Crippen molar-refractivity contribution in [1.29, 1.82) is 0 Å². The Kier molecular flexibility index (Phi) is 26.9. The predicted molar refractivity (Wildman–Crippen MR) is 153 cm³/mol. The van der Waals surface area contributed by atoms with E-state index in [1.165, 1.54) is 77.0 Å². The highest BCUT2D eigenvalue weighted by Gasteiger charge is 1.98. The molecule has 2 atom stereocenters.